The van der Waals surface area contributed by atoms with Gasteiger partial charge in [-0.25, -0.2) is 9.78 Å². The maximum Gasteiger partial charge on any atom is 0.364 e. The van der Waals surface area contributed by atoms with Crippen molar-refractivity contribution < 1.29 is 12.7 Å². The third-order valence-corrected chi connectivity index (χ3v) is 4.81. The van der Waals surface area contributed by atoms with Crippen LogP contribution in [0.25, 0.3) is 10.3 Å². The highest BCUT2D eigenvalue weighted by Crippen LogP contribution is 2.14. The molecule has 3 rings (SSSR count). The van der Waals surface area contributed by atoms with E-state index in [9.17, 15) is 18.0 Å². The van der Waals surface area contributed by atoms with E-state index < -0.39 is 21.4 Å². The predicted molar refractivity (Wildman–Crippen MR) is 79.4 cm³/mol. The second kappa shape index (κ2) is 5.07. The second-order valence-electron chi connectivity index (χ2n) is 4.28. The number of nitrogens with zero attached hydrogens (tertiary/aromatic N) is 2. The molecule has 0 spiro atoms. The second-order valence-corrected chi connectivity index (χ2v) is 7.01. The number of nitrogens with one attached hydrogen (secondary N) is 1. The Bertz CT molecular complexity index is 1060. The number of hydrogen-bond acceptors (Lipinski definition) is 7. The first-order chi connectivity index (χ1) is 10.4. The Kier molecular flexibility index (Phi) is 3.34. The molecule has 0 unspecified atom stereocenters. The average Bonchev–Trinajstić information content (AvgIpc) is 2.85. The Morgan fingerprint density at radius 1 is 1.23 bits per heavy atom. The molecule has 114 valence electrons. The van der Waals surface area contributed by atoms with Gasteiger partial charge in [0.15, 0.2) is 5.52 Å². The van der Waals surface area contributed by atoms with E-state index in [1.807, 2.05) is 0 Å². The molecule has 0 aliphatic rings. The molecule has 22 heavy (non-hydrogen) atoms. The molecule has 0 aliphatic carbocycles. The highest BCUT2D eigenvalue weighted by Gasteiger charge is 2.21. The number of rotatable bonds is 3. The summed E-state index contributed by atoms with van der Waals surface area (Å²) in [6.07, 6.45) is 0. The fourth-order valence-electron chi connectivity index (χ4n) is 1.79. The summed E-state index contributed by atoms with van der Waals surface area (Å²) in [5, 5.41) is 0.561. The summed E-state index contributed by atoms with van der Waals surface area (Å²) in [6.45, 7) is 1.66. The van der Waals surface area contributed by atoms with Crippen LogP contribution in [0.1, 0.15) is 5.01 Å². The van der Waals surface area contributed by atoms with E-state index in [0.29, 0.717) is 5.01 Å². The summed E-state index contributed by atoms with van der Waals surface area (Å²) in [5.41, 5.74) is -1.96. The van der Waals surface area contributed by atoms with Gasteiger partial charge in [0, 0.05) is 0 Å². The molecule has 1 N–H and O–H groups in total. The molecule has 8 nitrogen and oxygen atoms in total. The molecule has 1 aromatic carbocycles. The van der Waals surface area contributed by atoms with Crippen molar-refractivity contribution in [3.8, 4) is 0 Å². The van der Waals surface area contributed by atoms with Gasteiger partial charge in [0.05, 0.1) is 5.01 Å². The molecule has 0 saturated carbocycles. The minimum atomic E-state index is -4.30. The van der Waals surface area contributed by atoms with Gasteiger partial charge in [0.1, 0.15) is 9.73 Å². The minimum Gasteiger partial charge on any atom is -0.294 e. The molecule has 0 radical (unpaired) electrons. The van der Waals surface area contributed by atoms with Gasteiger partial charge in [-0.1, -0.05) is 22.9 Å². The molecular formula is C12H9N3O5S2. The molecule has 0 atom stereocenters. The fourth-order valence-corrected chi connectivity index (χ4v) is 3.50. The SMILES string of the molecule is Cc1nc2c(=O)n(OS(=O)(=O)c3ccccc3)c(=O)[nH]c2s1. The van der Waals surface area contributed by atoms with Crippen LogP contribution in [0.3, 0.4) is 0 Å². The van der Waals surface area contributed by atoms with Gasteiger partial charge >= 0.3 is 21.4 Å². The van der Waals surface area contributed by atoms with Crippen molar-refractivity contribution in [2.75, 3.05) is 0 Å². The number of fused-ring (bicyclic) bond motifs is 1. The quantitative estimate of drug-likeness (QED) is 0.733. The lowest BCUT2D eigenvalue weighted by molar-refractivity contribution is 0.253. The van der Waals surface area contributed by atoms with Crippen molar-refractivity contribution in [2.45, 2.75) is 11.8 Å². The molecule has 10 heteroatoms. The zero-order valence-electron chi connectivity index (χ0n) is 11.1. The summed E-state index contributed by atoms with van der Waals surface area (Å²) in [7, 11) is -4.30. The summed E-state index contributed by atoms with van der Waals surface area (Å²) in [4.78, 5) is 30.5. The standard InChI is InChI=1S/C12H9N3O5S2/c1-7-13-9-10(21-7)14-12(17)15(11(9)16)20-22(18,19)8-5-3-2-4-6-8/h2-6H,1H3,(H,14,17). The van der Waals surface area contributed by atoms with Crippen molar-refractivity contribution in [3.63, 3.8) is 0 Å². The predicted octanol–water partition coefficient (Wildman–Crippen LogP) is 0.272. The number of benzene rings is 1. The molecule has 0 amide bonds. The van der Waals surface area contributed by atoms with Gasteiger partial charge in [-0.3, -0.25) is 14.1 Å². The van der Waals surface area contributed by atoms with Crippen molar-refractivity contribution in [1.29, 1.82) is 0 Å². The summed E-state index contributed by atoms with van der Waals surface area (Å²) >= 11 is 1.12. The lowest BCUT2D eigenvalue weighted by Gasteiger charge is -2.06. The van der Waals surface area contributed by atoms with Crippen LogP contribution in [-0.2, 0) is 10.1 Å². The van der Waals surface area contributed by atoms with E-state index in [4.69, 9.17) is 0 Å². The normalized spacial score (nSPS) is 11.7. The van der Waals surface area contributed by atoms with Crippen LogP contribution in [0.4, 0.5) is 0 Å². The molecule has 2 heterocycles. The first kappa shape index (κ1) is 14.5. The van der Waals surface area contributed by atoms with Crippen LogP contribution < -0.4 is 15.5 Å². The Labute approximate surface area is 127 Å². The van der Waals surface area contributed by atoms with Gasteiger partial charge in [-0.15, -0.1) is 11.3 Å². The smallest absolute Gasteiger partial charge is 0.294 e. The van der Waals surface area contributed by atoms with E-state index in [0.717, 1.165) is 11.3 Å². The van der Waals surface area contributed by atoms with E-state index in [1.165, 1.54) is 24.3 Å². The van der Waals surface area contributed by atoms with Gasteiger partial charge in [0.2, 0.25) is 0 Å². The number of hydrogen-bond donors (Lipinski definition) is 1. The third kappa shape index (κ3) is 2.42. The summed E-state index contributed by atoms with van der Waals surface area (Å²) in [6, 6.07) is 7.20. The van der Waals surface area contributed by atoms with E-state index >= 15 is 0 Å². The fraction of sp³-hybridized carbons (Fsp3) is 0.0833. The van der Waals surface area contributed by atoms with Gasteiger partial charge in [-0.05, 0) is 19.1 Å². The number of aromatic amines is 1. The minimum absolute atomic E-state index is 0.0506. The zero-order valence-corrected chi connectivity index (χ0v) is 12.8. The van der Waals surface area contributed by atoms with Crippen LogP contribution in [-0.4, -0.2) is 23.1 Å². The Morgan fingerprint density at radius 3 is 2.59 bits per heavy atom. The van der Waals surface area contributed by atoms with Crippen LogP contribution in [0, 0.1) is 6.92 Å². The number of H-pyrrole nitrogens is 1. The van der Waals surface area contributed by atoms with Gasteiger partial charge < -0.3 is 0 Å². The van der Waals surface area contributed by atoms with Crippen molar-refractivity contribution in [1.82, 2.24) is 14.7 Å². The number of aryl methyl sites for hydroxylation is 1. The summed E-state index contributed by atoms with van der Waals surface area (Å²) < 4.78 is 29.0. The van der Waals surface area contributed by atoms with E-state index in [1.54, 1.807) is 13.0 Å². The number of thiazole rings is 1. The Morgan fingerprint density at radius 2 is 1.91 bits per heavy atom. The van der Waals surface area contributed by atoms with Crippen LogP contribution in [0.5, 0.6) is 0 Å². The van der Waals surface area contributed by atoms with Crippen molar-refractivity contribution in [2.24, 2.45) is 0 Å². The van der Waals surface area contributed by atoms with Crippen LogP contribution >= 0.6 is 11.3 Å². The van der Waals surface area contributed by atoms with Crippen molar-refractivity contribution >= 4 is 31.8 Å². The monoisotopic (exact) mass is 339 g/mol. The van der Waals surface area contributed by atoms with Gasteiger partial charge in [-0.2, -0.15) is 8.42 Å². The van der Waals surface area contributed by atoms with Crippen LogP contribution in [0.2, 0.25) is 0 Å². The molecule has 3 aromatic rings. The average molecular weight is 339 g/mol. The molecule has 0 bridgehead atoms. The lowest BCUT2D eigenvalue weighted by atomic mass is 10.4. The van der Waals surface area contributed by atoms with Gasteiger partial charge in [0.25, 0.3) is 0 Å². The zero-order chi connectivity index (χ0) is 15.9. The third-order valence-electron chi connectivity index (χ3n) is 2.73. The van der Waals surface area contributed by atoms with E-state index in [-0.39, 0.29) is 20.0 Å². The maximum atomic E-state index is 12.2. The van der Waals surface area contributed by atoms with Crippen molar-refractivity contribution in [3.05, 3.63) is 56.2 Å². The Balaban J connectivity index is 2.16. The topological polar surface area (TPSA) is 111 Å². The molecular weight excluding hydrogens is 330 g/mol. The first-order valence-electron chi connectivity index (χ1n) is 6.01. The maximum absolute atomic E-state index is 12.2. The van der Waals surface area contributed by atoms with E-state index in [2.05, 4.69) is 14.3 Å². The van der Waals surface area contributed by atoms with Crippen LogP contribution in [0.15, 0.2) is 44.8 Å². The molecule has 2 aromatic heterocycles. The molecule has 0 aliphatic heterocycles. The lowest BCUT2D eigenvalue weighted by Crippen LogP contribution is -2.41. The molecule has 0 saturated heterocycles. The summed E-state index contributed by atoms with van der Waals surface area (Å²) in [5.74, 6) is 0. The largest absolute Gasteiger partial charge is 0.364 e. The highest BCUT2D eigenvalue weighted by atomic mass is 32.2. The molecule has 0 fully saturated rings. The Hall–Kier alpha value is -2.46. The highest BCUT2D eigenvalue weighted by molar-refractivity contribution is 7.87. The first-order valence-corrected chi connectivity index (χ1v) is 8.23. The number of aromatic nitrogens is 3.